The van der Waals surface area contributed by atoms with Gasteiger partial charge in [0.15, 0.2) is 9.84 Å². The summed E-state index contributed by atoms with van der Waals surface area (Å²) in [4.78, 5) is 0. The van der Waals surface area contributed by atoms with E-state index in [0.29, 0.717) is 0 Å². The predicted octanol–water partition coefficient (Wildman–Crippen LogP) is 2.13. The molecule has 2 atom stereocenters. The maximum Gasteiger partial charge on any atom is 0.156 e. The molecule has 0 fully saturated rings. The topological polar surface area (TPSA) is 74.3 Å². The van der Waals surface area contributed by atoms with Crippen molar-refractivity contribution in [1.82, 2.24) is 0 Å². The summed E-state index contributed by atoms with van der Waals surface area (Å²) < 4.78 is 46.1. The lowest BCUT2D eigenvalue weighted by molar-refractivity contribution is 0.372. The van der Waals surface area contributed by atoms with Crippen LogP contribution < -0.4 is 0 Å². The van der Waals surface area contributed by atoms with Gasteiger partial charge in [0.2, 0.25) is 0 Å². The van der Waals surface area contributed by atoms with Gasteiger partial charge in [-0.25, -0.2) is 8.42 Å². The number of sulfone groups is 1. The predicted molar refractivity (Wildman–Crippen MR) is 74.9 cm³/mol. The molecule has 0 aliphatic heterocycles. The Labute approximate surface area is 114 Å². The highest BCUT2D eigenvalue weighted by Crippen LogP contribution is 2.34. The molecule has 0 N–H and O–H groups in total. The van der Waals surface area contributed by atoms with E-state index in [9.17, 15) is 17.2 Å². The molecule has 0 rings (SSSR count). The molecule has 0 heterocycles. The highest BCUT2D eigenvalue weighted by Gasteiger charge is 2.42. The van der Waals surface area contributed by atoms with E-state index in [0.717, 1.165) is 0 Å². The highest BCUT2D eigenvalue weighted by atomic mass is 32.2. The van der Waals surface area contributed by atoms with Crippen LogP contribution >= 0.6 is 0 Å². The Morgan fingerprint density at radius 2 is 1.50 bits per heavy atom. The van der Waals surface area contributed by atoms with E-state index >= 15 is 0 Å². The van der Waals surface area contributed by atoms with E-state index in [1.807, 2.05) is 13.8 Å². The minimum Gasteiger partial charge on any atom is -0.772 e. The summed E-state index contributed by atoms with van der Waals surface area (Å²) in [5.74, 6) is -0.147. The van der Waals surface area contributed by atoms with Gasteiger partial charge in [0.1, 0.15) is 0 Å². The molecule has 0 amide bonds. The van der Waals surface area contributed by atoms with Crippen molar-refractivity contribution < 1.29 is 17.2 Å². The Hall–Kier alpha value is 0.0600. The van der Waals surface area contributed by atoms with E-state index in [1.54, 1.807) is 34.6 Å². The van der Waals surface area contributed by atoms with Crippen LogP contribution in [0, 0.1) is 11.3 Å². The second-order valence-electron chi connectivity index (χ2n) is 6.41. The molecule has 0 radical (unpaired) electrons. The van der Waals surface area contributed by atoms with Gasteiger partial charge in [-0.3, -0.25) is 4.21 Å². The zero-order valence-electron chi connectivity index (χ0n) is 12.3. The number of hydrogen-bond donors (Lipinski definition) is 0. The van der Waals surface area contributed by atoms with Crippen LogP contribution in [0.1, 0.15) is 48.5 Å². The minimum atomic E-state index is -3.37. The van der Waals surface area contributed by atoms with Gasteiger partial charge in [-0.15, -0.1) is 0 Å². The molecule has 0 aliphatic rings. The van der Waals surface area contributed by atoms with Crippen LogP contribution in [0.5, 0.6) is 0 Å². The van der Waals surface area contributed by atoms with E-state index in [1.165, 1.54) is 0 Å². The first-order chi connectivity index (χ1) is 7.75. The summed E-state index contributed by atoms with van der Waals surface area (Å²) in [5, 5.41) is -0.699. The van der Waals surface area contributed by atoms with Crippen molar-refractivity contribution in [3.8, 4) is 0 Å². The Bertz CT molecular complexity index is 408. The van der Waals surface area contributed by atoms with Gasteiger partial charge in [-0.2, -0.15) is 0 Å². The van der Waals surface area contributed by atoms with Crippen molar-refractivity contribution in [2.45, 2.75) is 58.5 Å². The number of hydrogen-bond acceptors (Lipinski definition) is 4. The zero-order chi connectivity index (χ0) is 14.9. The standard InChI is InChI=1S/C12H26O4S2/c1-9(2)12(6,7)18(15,16)8-11(4,5)10(3)17(13)14/h9-10H,8H2,1-7H3,(H,13,14)/p-1. The molecule has 6 heteroatoms. The third kappa shape index (κ3) is 3.78. The van der Waals surface area contributed by atoms with Crippen molar-refractivity contribution in [2.24, 2.45) is 11.3 Å². The fourth-order valence-electron chi connectivity index (χ4n) is 1.41. The lowest BCUT2D eigenvalue weighted by Gasteiger charge is -2.37. The third-order valence-electron chi connectivity index (χ3n) is 4.14. The van der Waals surface area contributed by atoms with Crippen LogP contribution in [0.15, 0.2) is 0 Å². The summed E-state index contributed by atoms with van der Waals surface area (Å²) in [7, 11) is -3.37. The Morgan fingerprint density at radius 3 is 1.78 bits per heavy atom. The quantitative estimate of drug-likeness (QED) is 0.704. The number of rotatable bonds is 6. The molecule has 0 aromatic heterocycles. The van der Waals surface area contributed by atoms with Crippen LogP contribution in [0.2, 0.25) is 0 Å². The van der Waals surface area contributed by atoms with Gasteiger partial charge in [-0.1, -0.05) is 45.7 Å². The van der Waals surface area contributed by atoms with Crippen LogP contribution in [0.3, 0.4) is 0 Å². The third-order valence-corrected chi connectivity index (χ3v) is 8.56. The van der Waals surface area contributed by atoms with E-state index in [-0.39, 0.29) is 11.7 Å². The first kappa shape index (κ1) is 18.1. The molecule has 18 heavy (non-hydrogen) atoms. The van der Waals surface area contributed by atoms with Crippen molar-refractivity contribution in [3.63, 3.8) is 0 Å². The smallest absolute Gasteiger partial charge is 0.156 e. The monoisotopic (exact) mass is 297 g/mol. The summed E-state index contributed by atoms with van der Waals surface area (Å²) in [6, 6.07) is 0. The van der Waals surface area contributed by atoms with E-state index < -0.39 is 36.3 Å². The largest absolute Gasteiger partial charge is 0.772 e. The fourth-order valence-corrected chi connectivity index (χ4v) is 4.44. The average molecular weight is 297 g/mol. The molecule has 2 unspecified atom stereocenters. The molecule has 4 nitrogen and oxygen atoms in total. The van der Waals surface area contributed by atoms with Gasteiger partial charge < -0.3 is 4.55 Å². The molecule has 0 spiro atoms. The van der Waals surface area contributed by atoms with Gasteiger partial charge in [0.05, 0.1) is 10.5 Å². The summed E-state index contributed by atoms with van der Waals surface area (Å²) in [5.41, 5.74) is -0.794. The van der Waals surface area contributed by atoms with Crippen molar-refractivity contribution in [1.29, 1.82) is 0 Å². The van der Waals surface area contributed by atoms with Crippen molar-refractivity contribution in [2.75, 3.05) is 5.75 Å². The molecule has 110 valence electrons. The molecule has 0 saturated heterocycles. The van der Waals surface area contributed by atoms with Gasteiger partial charge in [0.25, 0.3) is 0 Å². The van der Waals surface area contributed by atoms with Gasteiger partial charge in [0, 0.05) is 5.25 Å². The highest BCUT2D eigenvalue weighted by molar-refractivity contribution is 7.92. The van der Waals surface area contributed by atoms with E-state index in [4.69, 9.17) is 0 Å². The SMILES string of the molecule is CC(S(=O)[O-])C(C)(C)CS(=O)(=O)C(C)(C)C(C)C. The molecule has 0 bridgehead atoms. The lowest BCUT2D eigenvalue weighted by atomic mass is 9.92. The molecule has 0 aromatic rings. The van der Waals surface area contributed by atoms with Crippen LogP contribution in [0.4, 0.5) is 0 Å². The van der Waals surface area contributed by atoms with E-state index in [2.05, 4.69) is 0 Å². The first-order valence-electron chi connectivity index (χ1n) is 6.06. The fraction of sp³-hybridized carbons (Fsp3) is 1.00. The molecular weight excluding hydrogens is 272 g/mol. The van der Waals surface area contributed by atoms with Crippen molar-refractivity contribution in [3.05, 3.63) is 0 Å². The Balaban J connectivity index is 5.29. The average Bonchev–Trinajstić information content (AvgIpc) is 2.13. The summed E-state index contributed by atoms with van der Waals surface area (Å²) in [6.07, 6.45) is 0. The summed E-state index contributed by atoms with van der Waals surface area (Å²) >= 11 is -2.27. The second-order valence-corrected chi connectivity index (χ2v) is 10.2. The van der Waals surface area contributed by atoms with Gasteiger partial charge >= 0.3 is 0 Å². The van der Waals surface area contributed by atoms with Crippen LogP contribution in [-0.4, -0.2) is 32.9 Å². The normalized spacial score (nSPS) is 17.8. The molecule has 0 aromatic carbocycles. The molecular formula is C12H25O4S2-. The Morgan fingerprint density at radius 1 is 1.11 bits per heavy atom. The van der Waals surface area contributed by atoms with Crippen LogP contribution in [-0.2, 0) is 20.9 Å². The molecule has 0 aliphatic carbocycles. The lowest BCUT2D eigenvalue weighted by Crippen LogP contribution is -2.46. The van der Waals surface area contributed by atoms with Crippen molar-refractivity contribution >= 4 is 20.9 Å². The summed E-state index contributed by atoms with van der Waals surface area (Å²) in [6.45, 7) is 12.0. The molecule has 0 saturated carbocycles. The minimum absolute atomic E-state index is 0.0219. The zero-order valence-corrected chi connectivity index (χ0v) is 13.9. The Kier molecular flexibility index (Phi) is 5.61. The maximum absolute atomic E-state index is 12.4. The second kappa shape index (κ2) is 5.59. The maximum atomic E-state index is 12.4. The van der Waals surface area contributed by atoms with Gasteiger partial charge in [-0.05, 0) is 25.2 Å². The van der Waals surface area contributed by atoms with Crippen LogP contribution in [0.25, 0.3) is 0 Å². The first-order valence-corrected chi connectivity index (χ1v) is 8.85.